The third kappa shape index (κ3) is 8.35. The minimum absolute atomic E-state index is 0.0358. The van der Waals surface area contributed by atoms with Gasteiger partial charge in [-0.15, -0.1) is 11.8 Å². The fourth-order valence-corrected chi connectivity index (χ4v) is 5.10. The van der Waals surface area contributed by atoms with Crippen LogP contribution in [0, 0.1) is 0 Å². The Morgan fingerprint density at radius 3 is 2.10 bits per heavy atom. The zero-order valence-electron chi connectivity index (χ0n) is 20.6. The molecule has 3 aromatic carbocycles. The van der Waals surface area contributed by atoms with Crippen LogP contribution in [0.1, 0.15) is 51.4 Å². The standard InChI is InChI=1S/C28H26Cl3NO6S/c29-28(30,31)27(36)32-14-17-1-7-21(8-2-17)26-37-22(16-39-23-11-9-20(10-12-23)25(34)35)13-24(38-26)19-5-3-18(15-33)4-6-19/h1-12,22,24,26,33H,13-16H2,(H,32,36)(H,34,35)/t22-,24+,26+/m0/s1. The van der Waals surface area contributed by atoms with Crippen molar-refractivity contribution in [2.45, 2.75) is 46.8 Å². The van der Waals surface area contributed by atoms with Gasteiger partial charge < -0.3 is 25.0 Å². The molecule has 1 aliphatic rings. The number of ether oxygens (including phenoxy) is 2. The molecule has 7 nitrogen and oxygen atoms in total. The third-order valence-electron chi connectivity index (χ3n) is 6.11. The van der Waals surface area contributed by atoms with Crippen molar-refractivity contribution in [1.29, 1.82) is 0 Å². The van der Waals surface area contributed by atoms with Crippen LogP contribution in [0.25, 0.3) is 0 Å². The molecule has 0 aliphatic carbocycles. The third-order valence-corrected chi connectivity index (χ3v) is 7.77. The van der Waals surface area contributed by atoms with Crippen molar-refractivity contribution in [1.82, 2.24) is 5.32 Å². The molecule has 0 radical (unpaired) electrons. The molecular formula is C28H26Cl3NO6S. The Morgan fingerprint density at radius 2 is 1.51 bits per heavy atom. The van der Waals surface area contributed by atoms with Crippen molar-refractivity contribution in [3.8, 4) is 0 Å². The van der Waals surface area contributed by atoms with Crippen LogP contribution in [0.4, 0.5) is 0 Å². The summed E-state index contributed by atoms with van der Waals surface area (Å²) >= 11 is 18.4. The van der Waals surface area contributed by atoms with Crippen molar-refractivity contribution >= 4 is 58.4 Å². The number of nitrogens with one attached hydrogen (secondary N) is 1. The predicted molar refractivity (Wildman–Crippen MR) is 151 cm³/mol. The van der Waals surface area contributed by atoms with E-state index in [1.807, 2.05) is 48.5 Å². The molecule has 3 aromatic rings. The molecule has 0 bridgehead atoms. The molecule has 1 fully saturated rings. The van der Waals surface area contributed by atoms with Gasteiger partial charge in [0.05, 0.1) is 24.4 Å². The van der Waals surface area contributed by atoms with Crippen LogP contribution in [-0.2, 0) is 27.4 Å². The number of aliphatic hydroxyl groups excluding tert-OH is 1. The summed E-state index contributed by atoms with van der Waals surface area (Å²) < 4.78 is 10.7. The van der Waals surface area contributed by atoms with E-state index in [9.17, 15) is 14.7 Å². The number of carbonyl (C=O) groups excluding carboxylic acids is 1. The number of benzene rings is 3. The van der Waals surface area contributed by atoms with E-state index in [0.717, 1.165) is 27.1 Å². The van der Waals surface area contributed by atoms with Crippen molar-refractivity contribution in [2.24, 2.45) is 0 Å². The topological polar surface area (TPSA) is 105 Å². The average molecular weight is 611 g/mol. The van der Waals surface area contributed by atoms with Gasteiger partial charge in [0, 0.05) is 29.2 Å². The molecule has 0 spiro atoms. The Kier molecular flexibility index (Phi) is 10.2. The lowest BCUT2D eigenvalue weighted by Crippen LogP contribution is -2.34. The second kappa shape index (κ2) is 13.4. The number of rotatable bonds is 9. The number of carboxylic acids is 1. The molecule has 206 valence electrons. The summed E-state index contributed by atoms with van der Waals surface area (Å²) in [6.45, 7) is 0.158. The van der Waals surface area contributed by atoms with E-state index in [0.29, 0.717) is 12.2 Å². The van der Waals surface area contributed by atoms with Gasteiger partial charge in [-0.25, -0.2) is 4.79 Å². The van der Waals surface area contributed by atoms with Gasteiger partial charge in [0.2, 0.25) is 0 Å². The van der Waals surface area contributed by atoms with Crippen LogP contribution in [0.5, 0.6) is 0 Å². The number of hydrogen-bond acceptors (Lipinski definition) is 6. The molecule has 1 saturated heterocycles. The zero-order valence-corrected chi connectivity index (χ0v) is 23.6. The normalized spacial score (nSPS) is 19.4. The number of amides is 1. The summed E-state index contributed by atoms with van der Waals surface area (Å²) in [5.41, 5.74) is 3.65. The molecule has 0 unspecified atom stereocenters. The van der Waals surface area contributed by atoms with E-state index >= 15 is 0 Å². The molecule has 0 aromatic heterocycles. The molecule has 3 N–H and O–H groups in total. The highest BCUT2D eigenvalue weighted by molar-refractivity contribution is 7.99. The molecule has 1 heterocycles. The second-order valence-electron chi connectivity index (χ2n) is 8.91. The fraction of sp³-hybridized carbons (Fsp3) is 0.286. The molecule has 4 rings (SSSR count). The average Bonchev–Trinajstić information content (AvgIpc) is 2.94. The van der Waals surface area contributed by atoms with Crippen molar-refractivity contribution in [2.75, 3.05) is 5.75 Å². The lowest BCUT2D eigenvalue weighted by molar-refractivity contribution is -0.245. The number of carbonyl (C=O) groups is 2. The Morgan fingerprint density at radius 1 is 0.897 bits per heavy atom. The first-order chi connectivity index (χ1) is 18.6. The first kappa shape index (κ1) is 29.7. The number of halogens is 3. The summed E-state index contributed by atoms with van der Waals surface area (Å²) in [7, 11) is 0. The maximum atomic E-state index is 11.8. The van der Waals surface area contributed by atoms with E-state index in [-0.39, 0.29) is 30.9 Å². The van der Waals surface area contributed by atoms with Gasteiger partial charge in [0.1, 0.15) is 0 Å². The first-order valence-electron chi connectivity index (χ1n) is 12.0. The lowest BCUT2D eigenvalue weighted by Gasteiger charge is -2.36. The van der Waals surface area contributed by atoms with E-state index in [1.54, 1.807) is 36.0 Å². The van der Waals surface area contributed by atoms with Gasteiger partial charge >= 0.3 is 5.97 Å². The van der Waals surface area contributed by atoms with E-state index in [2.05, 4.69) is 5.32 Å². The van der Waals surface area contributed by atoms with Crippen LogP contribution < -0.4 is 5.32 Å². The van der Waals surface area contributed by atoms with Crippen molar-refractivity contribution in [3.63, 3.8) is 0 Å². The molecule has 1 aliphatic heterocycles. The maximum absolute atomic E-state index is 11.8. The molecule has 1 amide bonds. The van der Waals surface area contributed by atoms with Gasteiger partial charge in [0.25, 0.3) is 9.70 Å². The lowest BCUT2D eigenvalue weighted by atomic mass is 10.0. The van der Waals surface area contributed by atoms with Gasteiger partial charge in [-0.05, 0) is 41.0 Å². The Hall–Kier alpha value is -2.30. The van der Waals surface area contributed by atoms with Gasteiger partial charge in [-0.1, -0.05) is 83.3 Å². The van der Waals surface area contributed by atoms with E-state index in [1.165, 1.54) is 0 Å². The highest BCUT2D eigenvalue weighted by atomic mass is 35.6. The smallest absolute Gasteiger partial charge is 0.335 e. The summed E-state index contributed by atoms with van der Waals surface area (Å²) in [5.74, 6) is -1.03. The van der Waals surface area contributed by atoms with Crippen LogP contribution >= 0.6 is 46.6 Å². The quantitative estimate of drug-likeness (QED) is 0.196. The van der Waals surface area contributed by atoms with E-state index in [4.69, 9.17) is 49.4 Å². The molecular weight excluding hydrogens is 585 g/mol. The number of aliphatic hydroxyl groups is 1. The Bertz CT molecular complexity index is 1270. The number of carboxylic acid groups (broad SMARTS) is 1. The fourth-order valence-electron chi connectivity index (χ4n) is 3.98. The second-order valence-corrected chi connectivity index (χ2v) is 12.3. The zero-order chi connectivity index (χ0) is 28.0. The van der Waals surface area contributed by atoms with Gasteiger partial charge in [-0.3, -0.25) is 4.79 Å². The summed E-state index contributed by atoms with van der Waals surface area (Å²) in [6.07, 6.45) is -0.402. The molecule has 3 atom stereocenters. The number of aromatic carboxylic acids is 1. The molecule has 0 saturated carbocycles. The first-order valence-corrected chi connectivity index (χ1v) is 14.1. The maximum Gasteiger partial charge on any atom is 0.335 e. The minimum Gasteiger partial charge on any atom is -0.478 e. The molecule has 39 heavy (non-hydrogen) atoms. The minimum atomic E-state index is -2.03. The molecule has 11 heteroatoms. The van der Waals surface area contributed by atoms with Crippen LogP contribution in [0.3, 0.4) is 0 Å². The Labute approximate surface area is 245 Å². The van der Waals surface area contributed by atoms with Crippen molar-refractivity contribution < 1.29 is 29.3 Å². The summed E-state index contributed by atoms with van der Waals surface area (Å²) in [4.78, 5) is 23.9. The highest BCUT2D eigenvalue weighted by Crippen LogP contribution is 2.39. The van der Waals surface area contributed by atoms with Crippen molar-refractivity contribution in [3.05, 3.63) is 101 Å². The summed E-state index contributed by atoms with van der Waals surface area (Å²) in [6, 6.07) is 21.8. The monoisotopic (exact) mass is 609 g/mol. The largest absolute Gasteiger partial charge is 0.478 e. The van der Waals surface area contributed by atoms with Crippen LogP contribution in [0.15, 0.2) is 77.7 Å². The predicted octanol–water partition coefficient (Wildman–Crippen LogP) is 6.20. The Balaban J connectivity index is 1.47. The van der Waals surface area contributed by atoms with Gasteiger partial charge in [-0.2, -0.15) is 0 Å². The van der Waals surface area contributed by atoms with Gasteiger partial charge in [0.15, 0.2) is 6.29 Å². The van der Waals surface area contributed by atoms with E-state index < -0.39 is 22.0 Å². The number of hydrogen-bond donors (Lipinski definition) is 3. The SMILES string of the molecule is O=C(O)c1ccc(SC[C@@H]2C[C@H](c3ccc(CO)cc3)O[C@H](c3ccc(CNC(=O)C(Cl)(Cl)Cl)cc3)O2)cc1. The number of alkyl halides is 3. The highest BCUT2D eigenvalue weighted by Gasteiger charge is 2.33. The summed E-state index contributed by atoms with van der Waals surface area (Å²) in [5, 5.41) is 21.1. The van der Waals surface area contributed by atoms with Crippen LogP contribution in [-0.4, -0.2) is 37.7 Å². The number of thioether (sulfide) groups is 1. The van der Waals surface area contributed by atoms with Crippen LogP contribution in [0.2, 0.25) is 0 Å².